The summed E-state index contributed by atoms with van der Waals surface area (Å²) in [6, 6.07) is 10.1. The largest absolute Gasteiger partial charge is 0.480 e. The van der Waals surface area contributed by atoms with E-state index >= 15 is 0 Å². The van der Waals surface area contributed by atoms with Crippen LogP contribution in [0.2, 0.25) is 0 Å². The first-order valence-corrected chi connectivity index (χ1v) is 10.4. The van der Waals surface area contributed by atoms with Crippen molar-refractivity contribution in [3.63, 3.8) is 0 Å². The molecule has 1 saturated heterocycles. The number of aromatic nitrogens is 2. The Balaban J connectivity index is 1.30. The molecule has 1 aliphatic heterocycles. The highest BCUT2D eigenvalue weighted by atomic mass is 19.1. The normalized spacial score (nSPS) is 16.9. The zero-order chi connectivity index (χ0) is 22.7. The van der Waals surface area contributed by atoms with Gasteiger partial charge in [-0.3, -0.25) is 4.90 Å². The number of ether oxygens (including phenoxy) is 2. The van der Waals surface area contributed by atoms with Gasteiger partial charge >= 0.3 is 6.09 Å². The molecule has 1 fully saturated rings. The average Bonchev–Trinajstić information content (AvgIpc) is 3.17. The van der Waals surface area contributed by atoms with Gasteiger partial charge in [0.2, 0.25) is 5.88 Å². The van der Waals surface area contributed by atoms with Gasteiger partial charge in [0.05, 0.1) is 42.7 Å². The van der Waals surface area contributed by atoms with Crippen LogP contribution < -0.4 is 15.0 Å². The molecular formula is C23H25FN4O4. The molecule has 0 unspecified atom stereocenters. The lowest BCUT2D eigenvalue weighted by atomic mass is 10.1. The van der Waals surface area contributed by atoms with Gasteiger partial charge < -0.3 is 19.9 Å². The first kappa shape index (κ1) is 21.9. The molecule has 1 amide bonds. The third kappa shape index (κ3) is 4.63. The number of amides is 1. The lowest BCUT2D eigenvalue weighted by Gasteiger charge is -2.15. The molecule has 3 aromatic rings. The SMILES string of the molecule is COc1cnc2cccc([C@H](O)CNCC[C@H]3CN(c4ccc(C)c(F)c4)C(=O)O3)c2n1. The molecular weight excluding hydrogens is 415 g/mol. The van der Waals surface area contributed by atoms with Gasteiger partial charge in [-0.2, -0.15) is 0 Å². The number of hydrogen-bond donors (Lipinski definition) is 2. The van der Waals surface area contributed by atoms with Gasteiger partial charge in [0.1, 0.15) is 11.9 Å². The molecule has 1 aliphatic rings. The number of carbonyl (C=O) groups is 1. The molecule has 2 N–H and O–H groups in total. The number of aliphatic hydroxyl groups excluding tert-OH is 1. The van der Waals surface area contributed by atoms with Gasteiger partial charge in [-0.05, 0) is 43.7 Å². The molecule has 0 spiro atoms. The molecule has 168 valence electrons. The number of anilines is 1. The topological polar surface area (TPSA) is 96.8 Å². The van der Waals surface area contributed by atoms with E-state index in [-0.39, 0.29) is 11.9 Å². The standard InChI is InChI=1S/C23H25FN4O4/c1-14-6-7-15(10-18(14)24)28-13-16(32-23(28)30)8-9-25-11-20(29)17-4-3-5-19-22(17)27-21(31-2)12-26-19/h3-7,10,12,16,20,25,29H,8-9,11,13H2,1-2H3/t16-,20+/m0/s1. The summed E-state index contributed by atoms with van der Waals surface area (Å²) < 4.78 is 24.4. The molecule has 0 bridgehead atoms. The number of fused-ring (bicyclic) bond motifs is 1. The summed E-state index contributed by atoms with van der Waals surface area (Å²) >= 11 is 0. The highest BCUT2D eigenvalue weighted by Crippen LogP contribution is 2.25. The number of para-hydroxylation sites is 1. The van der Waals surface area contributed by atoms with Crippen LogP contribution in [0.25, 0.3) is 11.0 Å². The van der Waals surface area contributed by atoms with Gasteiger partial charge in [0.15, 0.2) is 0 Å². The van der Waals surface area contributed by atoms with Gasteiger partial charge in [-0.1, -0.05) is 18.2 Å². The predicted octanol–water partition coefficient (Wildman–Crippen LogP) is 3.12. The fourth-order valence-electron chi connectivity index (χ4n) is 3.65. The second kappa shape index (κ2) is 9.46. The van der Waals surface area contributed by atoms with E-state index in [4.69, 9.17) is 9.47 Å². The third-order valence-corrected chi connectivity index (χ3v) is 5.47. The Morgan fingerprint density at radius 3 is 3.00 bits per heavy atom. The van der Waals surface area contributed by atoms with Crippen molar-refractivity contribution in [3.8, 4) is 5.88 Å². The number of cyclic esters (lactones) is 1. The van der Waals surface area contributed by atoms with Crippen LogP contribution in [0.15, 0.2) is 42.6 Å². The van der Waals surface area contributed by atoms with E-state index in [0.717, 1.165) is 0 Å². The van der Waals surface area contributed by atoms with Crippen LogP contribution in [0.5, 0.6) is 5.88 Å². The van der Waals surface area contributed by atoms with E-state index < -0.39 is 12.2 Å². The molecule has 1 aromatic heterocycles. The number of benzene rings is 2. The van der Waals surface area contributed by atoms with Gasteiger partial charge in [-0.25, -0.2) is 19.2 Å². The zero-order valence-corrected chi connectivity index (χ0v) is 17.9. The minimum absolute atomic E-state index is 0.297. The molecule has 4 rings (SSSR count). The van der Waals surface area contributed by atoms with E-state index in [1.807, 2.05) is 12.1 Å². The van der Waals surface area contributed by atoms with E-state index in [0.29, 0.717) is 59.8 Å². The lowest BCUT2D eigenvalue weighted by molar-refractivity contribution is 0.134. The molecule has 2 atom stereocenters. The summed E-state index contributed by atoms with van der Waals surface area (Å²) in [5, 5.41) is 13.8. The van der Waals surface area contributed by atoms with Crippen molar-refractivity contribution in [2.75, 3.05) is 31.6 Å². The molecule has 8 nitrogen and oxygen atoms in total. The summed E-state index contributed by atoms with van der Waals surface area (Å²) in [5.74, 6) is 0.0244. The number of hydrogen-bond acceptors (Lipinski definition) is 7. The monoisotopic (exact) mass is 440 g/mol. The van der Waals surface area contributed by atoms with Gasteiger partial charge in [0, 0.05) is 12.1 Å². The second-order valence-corrected chi connectivity index (χ2v) is 7.69. The summed E-state index contributed by atoms with van der Waals surface area (Å²) in [6.45, 7) is 2.85. The maximum absolute atomic E-state index is 13.8. The molecule has 32 heavy (non-hydrogen) atoms. The summed E-state index contributed by atoms with van der Waals surface area (Å²) in [5.41, 5.74) is 2.92. The fraction of sp³-hybridized carbons (Fsp3) is 0.348. The van der Waals surface area contributed by atoms with Crippen molar-refractivity contribution < 1.29 is 23.8 Å². The number of aryl methyl sites for hydroxylation is 1. The summed E-state index contributed by atoms with van der Waals surface area (Å²) in [7, 11) is 1.52. The maximum atomic E-state index is 13.8. The van der Waals surface area contributed by atoms with Crippen molar-refractivity contribution in [1.82, 2.24) is 15.3 Å². The van der Waals surface area contributed by atoms with Gasteiger partial charge in [0.25, 0.3) is 0 Å². The van der Waals surface area contributed by atoms with Gasteiger partial charge in [-0.15, -0.1) is 0 Å². The van der Waals surface area contributed by atoms with Crippen LogP contribution in [0, 0.1) is 12.7 Å². The Labute approximate surface area is 185 Å². The summed E-state index contributed by atoms with van der Waals surface area (Å²) in [6.07, 6.45) is 0.504. The Morgan fingerprint density at radius 2 is 2.22 bits per heavy atom. The number of nitrogens with one attached hydrogen (secondary N) is 1. The van der Waals surface area contributed by atoms with Crippen LogP contribution in [-0.2, 0) is 4.74 Å². The van der Waals surface area contributed by atoms with E-state index in [2.05, 4.69) is 15.3 Å². The quantitative estimate of drug-likeness (QED) is 0.520. The van der Waals surface area contributed by atoms with E-state index in [9.17, 15) is 14.3 Å². The number of methoxy groups -OCH3 is 1. The lowest BCUT2D eigenvalue weighted by Crippen LogP contribution is -2.28. The first-order valence-electron chi connectivity index (χ1n) is 10.4. The number of halogens is 1. The number of rotatable bonds is 8. The van der Waals surface area contributed by atoms with Crippen LogP contribution >= 0.6 is 0 Å². The smallest absolute Gasteiger partial charge is 0.414 e. The molecule has 0 aliphatic carbocycles. The van der Waals surface area contributed by atoms with Crippen molar-refractivity contribution in [2.45, 2.75) is 25.6 Å². The molecule has 2 heterocycles. The first-order chi connectivity index (χ1) is 15.5. The van der Waals surface area contributed by atoms with Crippen LogP contribution in [0.1, 0.15) is 23.7 Å². The van der Waals surface area contributed by atoms with Crippen molar-refractivity contribution in [1.29, 1.82) is 0 Å². The number of nitrogens with zero attached hydrogens (tertiary/aromatic N) is 3. The van der Waals surface area contributed by atoms with Crippen LogP contribution in [0.3, 0.4) is 0 Å². The van der Waals surface area contributed by atoms with Crippen molar-refractivity contribution in [2.24, 2.45) is 0 Å². The fourth-order valence-corrected chi connectivity index (χ4v) is 3.65. The molecule has 0 radical (unpaired) electrons. The summed E-state index contributed by atoms with van der Waals surface area (Å²) in [4.78, 5) is 22.3. The maximum Gasteiger partial charge on any atom is 0.414 e. The van der Waals surface area contributed by atoms with Crippen molar-refractivity contribution in [3.05, 3.63) is 59.5 Å². The number of aliphatic hydroxyl groups is 1. The zero-order valence-electron chi connectivity index (χ0n) is 17.9. The average molecular weight is 440 g/mol. The minimum Gasteiger partial charge on any atom is -0.480 e. The Morgan fingerprint density at radius 1 is 1.38 bits per heavy atom. The van der Waals surface area contributed by atoms with E-state index in [1.165, 1.54) is 24.3 Å². The highest BCUT2D eigenvalue weighted by molar-refractivity contribution is 5.89. The highest BCUT2D eigenvalue weighted by Gasteiger charge is 2.32. The molecule has 2 aromatic carbocycles. The van der Waals surface area contributed by atoms with E-state index in [1.54, 1.807) is 25.1 Å². The Bertz CT molecular complexity index is 1130. The third-order valence-electron chi connectivity index (χ3n) is 5.47. The Kier molecular flexibility index (Phi) is 6.48. The number of carbonyl (C=O) groups excluding carboxylic acids is 1. The second-order valence-electron chi connectivity index (χ2n) is 7.69. The minimum atomic E-state index is -0.793. The molecule has 9 heteroatoms. The van der Waals surface area contributed by atoms with Crippen LogP contribution in [0.4, 0.5) is 14.9 Å². The Hall–Kier alpha value is -3.30. The van der Waals surface area contributed by atoms with Crippen LogP contribution in [-0.4, -0.2) is 54.0 Å². The van der Waals surface area contributed by atoms with Crippen molar-refractivity contribution >= 4 is 22.8 Å². The molecule has 0 saturated carbocycles. The predicted molar refractivity (Wildman–Crippen MR) is 117 cm³/mol.